The molecule has 2 N–H and O–H groups in total. The number of aliphatic hydroxyl groups is 1. The molecule has 0 saturated carbocycles. The molecule has 0 fully saturated rings. The molecular formula is C11H15B2NO4. The average molecular weight is 247 g/mol. The number of rotatable bonds is 4. The maximum absolute atomic E-state index is 12.1. The predicted octanol–water partition coefficient (Wildman–Crippen LogP) is -1.56. The summed E-state index contributed by atoms with van der Waals surface area (Å²) in [5, 5.41) is 12.0. The molecule has 3 atom stereocenters. The van der Waals surface area contributed by atoms with Gasteiger partial charge in [0.1, 0.15) is 0 Å². The van der Waals surface area contributed by atoms with E-state index in [4.69, 9.17) is 9.47 Å². The van der Waals surface area contributed by atoms with Crippen LogP contribution in [0.2, 0.25) is 0 Å². The molecule has 0 radical (unpaired) electrons. The first-order valence-corrected chi connectivity index (χ1v) is 5.93. The van der Waals surface area contributed by atoms with Crippen molar-refractivity contribution in [3.63, 3.8) is 0 Å². The van der Waals surface area contributed by atoms with Crippen molar-refractivity contribution < 1.29 is 19.4 Å². The van der Waals surface area contributed by atoms with Crippen molar-refractivity contribution in [1.82, 2.24) is 5.32 Å². The summed E-state index contributed by atoms with van der Waals surface area (Å²) in [5.74, 6) is 1.13. The summed E-state index contributed by atoms with van der Waals surface area (Å²) < 4.78 is 10.8. The fraction of sp³-hybridized carbons (Fsp3) is 0.364. The van der Waals surface area contributed by atoms with Gasteiger partial charge in [0.2, 0.25) is 7.85 Å². The number of carbonyl (C=O) groups excluding carboxylic acids is 1. The zero-order valence-corrected chi connectivity index (χ0v) is 10.6. The Bertz CT molecular complexity index is 466. The van der Waals surface area contributed by atoms with E-state index in [0.29, 0.717) is 17.1 Å². The second-order valence-corrected chi connectivity index (χ2v) is 4.39. The lowest BCUT2D eigenvalue weighted by Gasteiger charge is -2.15. The van der Waals surface area contributed by atoms with Gasteiger partial charge in [-0.3, -0.25) is 10.1 Å². The molecule has 0 saturated heterocycles. The number of fused-ring (bicyclic) bond motifs is 1. The number of ether oxygens (including phenoxy) is 2. The fourth-order valence-electron chi connectivity index (χ4n) is 1.92. The maximum atomic E-state index is 12.1. The minimum atomic E-state index is -0.724. The van der Waals surface area contributed by atoms with E-state index in [9.17, 15) is 9.90 Å². The molecule has 1 aliphatic heterocycles. The zero-order chi connectivity index (χ0) is 13.3. The van der Waals surface area contributed by atoms with Gasteiger partial charge in [-0.2, -0.15) is 0 Å². The third kappa shape index (κ3) is 2.68. The molecule has 94 valence electrons. The molecular weight excluding hydrogens is 232 g/mol. The van der Waals surface area contributed by atoms with Crippen LogP contribution in [-0.2, 0) is 0 Å². The molecule has 1 aromatic carbocycles. The minimum Gasteiger partial charge on any atom is -0.460 e. The van der Waals surface area contributed by atoms with Gasteiger partial charge in [-0.05, 0) is 25.1 Å². The van der Waals surface area contributed by atoms with E-state index in [-0.39, 0.29) is 12.0 Å². The minimum absolute atomic E-state index is 0.0955. The van der Waals surface area contributed by atoms with Crippen LogP contribution in [0.5, 0.6) is 11.5 Å². The topological polar surface area (TPSA) is 67.8 Å². The number of ketones is 1. The van der Waals surface area contributed by atoms with Crippen LogP contribution in [-0.4, -0.2) is 44.9 Å². The van der Waals surface area contributed by atoms with Crippen LogP contribution in [0.15, 0.2) is 18.2 Å². The Balaban J connectivity index is 2.15. The van der Waals surface area contributed by atoms with Crippen LogP contribution < -0.4 is 14.8 Å². The monoisotopic (exact) mass is 247 g/mol. The van der Waals surface area contributed by atoms with Gasteiger partial charge in [-0.15, -0.1) is 0 Å². The standard InChI is InChI=1S/C11H15B2NO4/c1-5(14-10(12)16)9(15)6-2-3-7-8(4-6)18-11(13)17-7/h2-5,10-11,14,16H,12-13H2,1H3/t5-,10?,11?/m0/s1. The molecule has 18 heavy (non-hydrogen) atoms. The van der Waals surface area contributed by atoms with Crippen molar-refractivity contribution in [3.8, 4) is 11.5 Å². The van der Waals surface area contributed by atoms with Crippen molar-refractivity contribution >= 4 is 21.5 Å². The van der Waals surface area contributed by atoms with Gasteiger partial charge < -0.3 is 14.6 Å². The lowest BCUT2D eigenvalue weighted by molar-refractivity contribution is 0.0915. The maximum Gasteiger partial charge on any atom is 0.207 e. The molecule has 0 amide bonds. The van der Waals surface area contributed by atoms with E-state index in [1.807, 2.05) is 0 Å². The highest BCUT2D eigenvalue weighted by molar-refractivity contribution is 6.11. The van der Waals surface area contributed by atoms with Gasteiger partial charge in [0.15, 0.2) is 31.3 Å². The first-order chi connectivity index (χ1) is 8.47. The third-order valence-corrected chi connectivity index (χ3v) is 2.70. The van der Waals surface area contributed by atoms with Crippen LogP contribution in [0.25, 0.3) is 0 Å². The van der Waals surface area contributed by atoms with Gasteiger partial charge in [0.25, 0.3) is 0 Å². The number of hydrogen-bond acceptors (Lipinski definition) is 5. The normalized spacial score (nSPS) is 20.4. The van der Waals surface area contributed by atoms with Gasteiger partial charge >= 0.3 is 0 Å². The number of nitrogens with one attached hydrogen (secondary N) is 1. The van der Waals surface area contributed by atoms with E-state index in [2.05, 4.69) is 5.32 Å². The first-order valence-electron chi connectivity index (χ1n) is 5.93. The van der Waals surface area contributed by atoms with Crippen LogP contribution >= 0.6 is 0 Å². The fourth-order valence-corrected chi connectivity index (χ4v) is 1.92. The van der Waals surface area contributed by atoms with Crippen molar-refractivity contribution in [2.24, 2.45) is 0 Å². The lowest BCUT2D eigenvalue weighted by Crippen LogP contribution is -2.41. The second-order valence-electron chi connectivity index (χ2n) is 4.39. The summed E-state index contributed by atoms with van der Waals surface area (Å²) in [6, 6.07) is 4.63. The molecule has 2 unspecified atom stereocenters. The Morgan fingerprint density at radius 2 is 2.11 bits per heavy atom. The van der Waals surface area contributed by atoms with Gasteiger partial charge in [-0.1, -0.05) is 0 Å². The number of aliphatic hydroxyl groups excluding tert-OH is 1. The molecule has 2 rings (SSSR count). The summed E-state index contributed by atoms with van der Waals surface area (Å²) in [4.78, 5) is 12.1. The number of hydrogen-bond donors (Lipinski definition) is 2. The van der Waals surface area contributed by atoms with E-state index in [0.717, 1.165) is 0 Å². The molecule has 0 bridgehead atoms. The van der Waals surface area contributed by atoms with Crippen molar-refractivity contribution in [1.29, 1.82) is 0 Å². The van der Waals surface area contributed by atoms with Crippen molar-refractivity contribution in [3.05, 3.63) is 23.8 Å². The Labute approximate surface area is 107 Å². The average Bonchev–Trinajstić information content (AvgIpc) is 2.65. The Morgan fingerprint density at radius 1 is 1.44 bits per heavy atom. The van der Waals surface area contributed by atoms with Crippen molar-refractivity contribution in [2.75, 3.05) is 0 Å². The third-order valence-electron chi connectivity index (χ3n) is 2.70. The molecule has 7 heteroatoms. The van der Waals surface area contributed by atoms with Gasteiger partial charge in [0, 0.05) is 5.56 Å². The van der Waals surface area contributed by atoms with Gasteiger partial charge in [0.05, 0.1) is 12.2 Å². The largest absolute Gasteiger partial charge is 0.460 e. The first kappa shape index (κ1) is 13.0. The molecule has 5 nitrogen and oxygen atoms in total. The summed E-state index contributed by atoms with van der Waals surface area (Å²) in [7, 11) is 3.37. The highest BCUT2D eigenvalue weighted by Gasteiger charge is 2.23. The smallest absolute Gasteiger partial charge is 0.207 e. The molecule has 0 spiro atoms. The van der Waals surface area contributed by atoms with Crippen molar-refractivity contribution in [2.45, 2.75) is 25.3 Å². The Hall–Kier alpha value is -1.46. The second kappa shape index (κ2) is 5.04. The van der Waals surface area contributed by atoms with Crippen LogP contribution in [0.3, 0.4) is 0 Å². The SMILES string of the molecule is BC(O)N[C@@H](C)C(=O)c1ccc2c(c1)OC(B)O2. The Kier molecular flexibility index (Phi) is 3.63. The summed E-state index contributed by atoms with van der Waals surface area (Å²) in [6.07, 6.45) is -1.05. The van der Waals surface area contributed by atoms with Gasteiger partial charge in [-0.25, -0.2) is 0 Å². The van der Waals surface area contributed by atoms with E-state index in [1.54, 1.807) is 40.8 Å². The van der Waals surface area contributed by atoms with Crippen LogP contribution in [0.4, 0.5) is 0 Å². The number of Topliss-reactive ketones (excluding diaryl/α,β-unsaturated/α-hetero) is 1. The molecule has 0 aliphatic carbocycles. The zero-order valence-electron chi connectivity index (χ0n) is 10.6. The molecule has 0 aromatic heterocycles. The molecule has 1 heterocycles. The van der Waals surface area contributed by atoms with E-state index >= 15 is 0 Å². The number of benzene rings is 1. The summed E-state index contributed by atoms with van der Waals surface area (Å²) >= 11 is 0. The Morgan fingerprint density at radius 3 is 2.78 bits per heavy atom. The highest BCUT2D eigenvalue weighted by Crippen LogP contribution is 2.34. The summed E-state index contributed by atoms with van der Waals surface area (Å²) in [6.45, 7) is 1.71. The molecule has 1 aliphatic rings. The number of carbonyl (C=O) groups is 1. The van der Waals surface area contributed by atoms with Crippen LogP contribution in [0.1, 0.15) is 17.3 Å². The molecule has 1 aromatic rings. The highest BCUT2D eigenvalue weighted by atomic mass is 16.7. The van der Waals surface area contributed by atoms with E-state index < -0.39 is 12.2 Å². The summed E-state index contributed by atoms with van der Waals surface area (Å²) in [5.41, 5.74) is 0.534. The quantitative estimate of drug-likeness (QED) is 0.382. The predicted molar refractivity (Wildman–Crippen MR) is 71.5 cm³/mol. The van der Waals surface area contributed by atoms with E-state index in [1.165, 1.54) is 0 Å². The lowest BCUT2D eigenvalue weighted by atomic mass is 10.0. The van der Waals surface area contributed by atoms with Crippen LogP contribution in [0, 0.1) is 0 Å².